The van der Waals surface area contributed by atoms with Gasteiger partial charge >= 0.3 is 0 Å². The van der Waals surface area contributed by atoms with E-state index in [1.807, 2.05) is 72.8 Å². The minimum absolute atomic E-state index is 0.604. The van der Waals surface area contributed by atoms with E-state index in [2.05, 4.69) is 126 Å². The highest BCUT2D eigenvalue weighted by molar-refractivity contribution is 6.29. The molecule has 0 bridgehead atoms. The molecule has 0 amide bonds. The molecule has 0 N–H and O–H groups in total. The zero-order valence-corrected chi connectivity index (χ0v) is 32.6. The van der Waals surface area contributed by atoms with Gasteiger partial charge in [-0.05, 0) is 76.5 Å². The molecule has 0 unspecified atom stereocenters. The van der Waals surface area contributed by atoms with E-state index in [1.165, 1.54) is 16.3 Å². The number of furan rings is 2. The van der Waals surface area contributed by atoms with Crippen LogP contribution in [0.2, 0.25) is 0 Å². The quantitative estimate of drug-likeness (QED) is 0.174. The first-order valence-electron chi connectivity index (χ1n) is 20.4. The Hall–Kier alpha value is -8.35. The molecule has 0 aliphatic rings. The van der Waals surface area contributed by atoms with Gasteiger partial charge < -0.3 is 13.4 Å². The third kappa shape index (κ3) is 5.19. The average molecular weight is 781 g/mol. The molecule has 4 heterocycles. The van der Waals surface area contributed by atoms with Crippen molar-refractivity contribution in [3.8, 4) is 51.0 Å². The zero-order valence-electron chi connectivity index (χ0n) is 32.6. The van der Waals surface area contributed by atoms with Crippen molar-refractivity contribution < 1.29 is 8.83 Å². The van der Waals surface area contributed by atoms with Gasteiger partial charge in [-0.25, -0.2) is 15.0 Å². The number of aromatic nitrogens is 4. The highest BCUT2D eigenvalue weighted by atomic mass is 16.3. The average Bonchev–Trinajstić information content (AvgIpc) is 4.01. The lowest BCUT2D eigenvalue weighted by atomic mass is 9.95. The van der Waals surface area contributed by atoms with E-state index in [0.717, 1.165) is 93.6 Å². The molecular formula is C55H32N4O2. The van der Waals surface area contributed by atoms with Crippen LogP contribution < -0.4 is 0 Å². The fourth-order valence-corrected chi connectivity index (χ4v) is 9.27. The zero-order chi connectivity index (χ0) is 40.0. The van der Waals surface area contributed by atoms with Gasteiger partial charge in [0.05, 0.1) is 16.4 Å². The van der Waals surface area contributed by atoms with Gasteiger partial charge in [-0.1, -0.05) is 133 Å². The van der Waals surface area contributed by atoms with Gasteiger partial charge in [0.1, 0.15) is 22.3 Å². The molecule has 6 heteroatoms. The van der Waals surface area contributed by atoms with Gasteiger partial charge in [-0.2, -0.15) is 0 Å². The molecule has 0 radical (unpaired) electrons. The molecule has 61 heavy (non-hydrogen) atoms. The first-order chi connectivity index (χ1) is 30.2. The van der Waals surface area contributed by atoms with Crippen LogP contribution in [0.1, 0.15) is 0 Å². The largest absolute Gasteiger partial charge is 0.456 e. The molecule has 6 nitrogen and oxygen atoms in total. The Morgan fingerprint density at radius 1 is 0.328 bits per heavy atom. The summed E-state index contributed by atoms with van der Waals surface area (Å²) < 4.78 is 15.9. The van der Waals surface area contributed by atoms with Crippen molar-refractivity contribution in [3.63, 3.8) is 0 Å². The molecule has 284 valence electrons. The van der Waals surface area contributed by atoms with Gasteiger partial charge in [0.25, 0.3) is 0 Å². The van der Waals surface area contributed by atoms with Crippen LogP contribution in [-0.4, -0.2) is 19.5 Å². The van der Waals surface area contributed by atoms with Crippen LogP contribution in [0.5, 0.6) is 0 Å². The summed E-state index contributed by atoms with van der Waals surface area (Å²) in [4.78, 5) is 14.8. The molecule has 0 saturated carbocycles. The van der Waals surface area contributed by atoms with Crippen molar-refractivity contribution in [2.24, 2.45) is 0 Å². The molecule has 13 rings (SSSR count). The Morgan fingerprint density at radius 3 is 1.66 bits per heavy atom. The summed E-state index contributed by atoms with van der Waals surface area (Å²) in [5, 5.41) is 8.87. The molecule has 0 atom stereocenters. The fraction of sp³-hybridized carbons (Fsp3) is 0. The van der Waals surface area contributed by atoms with Crippen molar-refractivity contribution in [2.45, 2.75) is 0 Å². The number of fused-ring (bicyclic) bond motifs is 12. The monoisotopic (exact) mass is 780 g/mol. The summed E-state index contributed by atoms with van der Waals surface area (Å²) in [6, 6.07) is 67.3. The van der Waals surface area contributed by atoms with E-state index >= 15 is 0 Å². The molecule has 4 aromatic heterocycles. The molecule has 0 fully saturated rings. The lowest BCUT2D eigenvalue weighted by Gasteiger charge is -2.09. The second kappa shape index (κ2) is 13.1. The fourth-order valence-electron chi connectivity index (χ4n) is 9.27. The summed E-state index contributed by atoms with van der Waals surface area (Å²) in [7, 11) is 0. The molecular weight excluding hydrogens is 749 g/mol. The highest BCUT2D eigenvalue weighted by Crippen LogP contribution is 2.45. The van der Waals surface area contributed by atoms with Crippen molar-refractivity contribution in [1.29, 1.82) is 0 Å². The summed E-state index contributed by atoms with van der Waals surface area (Å²) in [6.45, 7) is 0. The first kappa shape index (κ1) is 33.6. The Bertz CT molecular complexity index is 3810. The predicted molar refractivity (Wildman–Crippen MR) is 248 cm³/mol. The SMILES string of the molecule is c1ccc(-c2nc(-c3ccccc3)nc(-c3ccc4oc5cc(-n6c7ccccc7c7c8oc9cc(-c%10ccccc%10)c%10ccccc%10c9c8ccc76)ccc5c4c3)n2)cc1. The highest BCUT2D eigenvalue weighted by Gasteiger charge is 2.22. The maximum Gasteiger partial charge on any atom is 0.164 e. The first-order valence-corrected chi connectivity index (χ1v) is 20.4. The molecule has 13 aromatic rings. The van der Waals surface area contributed by atoms with Gasteiger partial charge in [-0.15, -0.1) is 0 Å². The summed E-state index contributed by atoms with van der Waals surface area (Å²) >= 11 is 0. The van der Waals surface area contributed by atoms with Crippen LogP contribution in [0.4, 0.5) is 0 Å². The van der Waals surface area contributed by atoms with Crippen molar-refractivity contribution in [2.75, 3.05) is 0 Å². The number of rotatable bonds is 5. The lowest BCUT2D eigenvalue weighted by Crippen LogP contribution is -2.00. The molecule has 0 aliphatic heterocycles. The Balaban J connectivity index is 0.974. The summed E-state index contributed by atoms with van der Waals surface area (Å²) in [5.41, 5.74) is 11.6. The van der Waals surface area contributed by atoms with Gasteiger partial charge in [0, 0.05) is 55.4 Å². The van der Waals surface area contributed by atoms with E-state index in [9.17, 15) is 0 Å². The summed E-state index contributed by atoms with van der Waals surface area (Å²) in [5.74, 6) is 1.86. The van der Waals surface area contributed by atoms with Gasteiger partial charge in [0.2, 0.25) is 0 Å². The predicted octanol–water partition coefficient (Wildman–Crippen LogP) is 14.6. The second-order valence-electron chi connectivity index (χ2n) is 15.5. The third-order valence-electron chi connectivity index (χ3n) is 12.0. The van der Waals surface area contributed by atoms with E-state index in [1.54, 1.807) is 0 Å². The minimum Gasteiger partial charge on any atom is -0.456 e. The number of hydrogen-bond acceptors (Lipinski definition) is 5. The minimum atomic E-state index is 0.604. The van der Waals surface area contributed by atoms with Crippen LogP contribution in [0.3, 0.4) is 0 Å². The summed E-state index contributed by atoms with van der Waals surface area (Å²) in [6.07, 6.45) is 0. The topological polar surface area (TPSA) is 69.9 Å². The maximum atomic E-state index is 6.97. The Labute approximate surface area is 348 Å². The van der Waals surface area contributed by atoms with Crippen LogP contribution in [0, 0.1) is 0 Å². The number of nitrogens with zero attached hydrogens (tertiary/aromatic N) is 4. The number of benzene rings is 9. The smallest absolute Gasteiger partial charge is 0.164 e. The molecule has 9 aromatic carbocycles. The van der Waals surface area contributed by atoms with E-state index in [4.69, 9.17) is 23.8 Å². The van der Waals surface area contributed by atoms with Crippen molar-refractivity contribution >= 4 is 76.5 Å². The standard InChI is InChI=1S/C55H32N4O2/c1-4-14-33(15-5-1)43-32-49-50(40-21-11-10-20-38(40)43)42-27-28-46-51(52(42)61-49)41-22-12-13-23-45(41)59(46)37-25-26-39-44-30-36(24-29-47(44)60-48(39)31-37)55-57-53(34-16-6-2-7-17-34)56-54(58-55)35-18-8-3-9-19-35/h1-32H. The van der Waals surface area contributed by atoms with Crippen LogP contribution in [0.15, 0.2) is 203 Å². The third-order valence-corrected chi connectivity index (χ3v) is 12.0. The normalized spacial score (nSPS) is 11.9. The van der Waals surface area contributed by atoms with Crippen LogP contribution >= 0.6 is 0 Å². The number of para-hydroxylation sites is 1. The maximum absolute atomic E-state index is 6.97. The Morgan fingerprint density at radius 2 is 0.934 bits per heavy atom. The van der Waals surface area contributed by atoms with E-state index < -0.39 is 0 Å². The molecule has 0 saturated heterocycles. The lowest BCUT2D eigenvalue weighted by molar-refractivity contribution is 0.668. The Kier molecular flexibility index (Phi) is 7.21. The molecule has 0 spiro atoms. The van der Waals surface area contributed by atoms with E-state index in [-0.39, 0.29) is 0 Å². The van der Waals surface area contributed by atoms with Crippen molar-refractivity contribution in [3.05, 3.63) is 194 Å². The molecule has 0 aliphatic carbocycles. The van der Waals surface area contributed by atoms with Gasteiger partial charge in [0.15, 0.2) is 17.5 Å². The van der Waals surface area contributed by atoms with Gasteiger partial charge in [-0.3, -0.25) is 0 Å². The van der Waals surface area contributed by atoms with Crippen LogP contribution in [0.25, 0.3) is 127 Å². The van der Waals surface area contributed by atoms with E-state index in [0.29, 0.717) is 17.5 Å². The second-order valence-corrected chi connectivity index (χ2v) is 15.5. The van der Waals surface area contributed by atoms with Crippen LogP contribution in [-0.2, 0) is 0 Å². The number of hydrogen-bond donors (Lipinski definition) is 0. The van der Waals surface area contributed by atoms with Crippen molar-refractivity contribution in [1.82, 2.24) is 19.5 Å².